The van der Waals surface area contributed by atoms with Crippen molar-refractivity contribution >= 4 is 5.91 Å². The van der Waals surface area contributed by atoms with Crippen LogP contribution in [-0.4, -0.2) is 36.9 Å². The minimum Gasteiger partial charge on any atom is -0.388 e. The second-order valence-corrected chi connectivity index (χ2v) is 4.54. The fourth-order valence-electron chi connectivity index (χ4n) is 1.38. The van der Waals surface area contributed by atoms with Gasteiger partial charge in [-0.2, -0.15) is 0 Å². The number of aliphatic hydroxyl groups is 1. The molecule has 1 amide bonds. The first kappa shape index (κ1) is 15.2. The van der Waals surface area contributed by atoms with E-state index in [2.05, 4.69) is 17.2 Å². The van der Waals surface area contributed by atoms with Crippen molar-refractivity contribution in [2.75, 3.05) is 20.3 Å². The molecule has 1 unspecified atom stereocenters. The van der Waals surface area contributed by atoms with Crippen molar-refractivity contribution in [3.8, 4) is 11.8 Å². The van der Waals surface area contributed by atoms with Crippen molar-refractivity contribution in [3.63, 3.8) is 0 Å². The van der Waals surface area contributed by atoms with Gasteiger partial charge in [0.1, 0.15) is 0 Å². The lowest BCUT2D eigenvalue weighted by Gasteiger charge is -2.22. The molecule has 0 aliphatic rings. The molecule has 0 heterocycles. The third kappa shape index (κ3) is 6.61. The standard InChI is InChI=1S/C15H19NO3/c1-15(18,10-11-19-2)12-16-14(17)9-8-13-6-4-3-5-7-13/h3-7,18H,10-12H2,1-2H3,(H,16,17). The molecular weight excluding hydrogens is 242 g/mol. The molecule has 1 atom stereocenters. The van der Waals surface area contributed by atoms with Crippen LogP contribution in [0.4, 0.5) is 0 Å². The number of nitrogens with one attached hydrogen (secondary N) is 1. The number of hydrogen-bond donors (Lipinski definition) is 2. The van der Waals surface area contributed by atoms with Gasteiger partial charge < -0.3 is 15.2 Å². The van der Waals surface area contributed by atoms with Crippen molar-refractivity contribution in [1.29, 1.82) is 0 Å². The second kappa shape index (κ2) is 7.57. The number of ether oxygens (including phenoxy) is 1. The van der Waals surface area contributed by atoms with Gasteiger partial charge in [0.05, 0.1) is 5.60 Å². The lowest BCUT2D eigenvalue weighted by Crippen LogP contribution is -2.40. The van der Waals surface area contributed by atoms with Crippen LogP contribution in [0.3, 0.4) is 0 Å². The Morgan fingerprint density at radius 3 is 2.74 bits per heavy atom. The maximum Gasteiger partial charge on any atom is 0.296 e. The summed E-state index contributed by atoms with van der Waals surface area (Å²) in [5.41, 5.74) is -0.205. The molecule has 4 nitrogen and oxygen atoms in total. The molecule has 19 heavy (non-hydrogen) atoms. The highest BCUT2D eigenvalue weighted by Gasteiger charge is 2.20. The Morgan fingerprint density at radius 2 is 2.11 bits per heavy atom. The highest BCUT2D eigenvalue weighted by molar-refractivity contribution is 5.94. The van der Waals surface area contributed by atoms with Crippen LogP contribution in [0, 0.1) is 11.8 Å². The van der Waals surface area contributed by atoms with Gasteiger partial charge in [-0.15, -0.1) is 0 Å². The summed E-state index contributed by atoms with van der Waals surface area (Å²) < 4.78 is 4.89. The number of amides is 1. The van der Waals surface area contributed by atoms with E-state index in [1.165, 1.54) is 0 Å². The Hall–Kier alpha value is -1.83. The zero-order valence-corrected chi connectivity index (χ0v) is 11.3. The summed E-state index contributed by atoms with van der Waals surface area (Å²) >= 11 is 0. The lowest BCUT2D eigenvalue weighted by molar-refractivity contribution is -0.117. The molecule has 1 aromatic rings. The Morgan fingerprint density at radius 1 is 1.42 bits per heavy atom. The predicted molar refractivity (Wildman–Crippen MR) is 73.4 cm³/mol. The molecule has 0 saturated heterocycles. The highest BCUT2D eigenvalue weighted by Crippen LogP contribution is 2.07. The van der Waals surface area contributed by atoms with Gasteiger partial charge in [0.2, 0.25) is 0 Å². The molecule has 0 radical (unpaired) electrons. The summed E-state index contributed by atoms with van der Waals surface area (Å²) in [5.74, 6) is 4.84. The van der Waals surface area contributed by atoms with Crippen LogP contribution >= 0.6 is 0 Å². The molecule has 0 aliphatic heterocycles. The van der Waals surface area contributed by atoms with Crippen LogP contribution < -0.4 is 5.32 Å². The predicted octanol–water partition coefficient (Wildman–Crippen LogP) is 0.942. The Balaban J connectivity index is 2.42. The van der Waals surface area contributed by atoms with Crippen LogP contribution in [0.1, 0.15) is 18.9 Å². The van der Waals surface area contributed by atoms with E-state index in [0.717, 1.165) is 5.56 Å². The quantitative estimate of drug-likeness (QED) is 0.776. The van der Waals surface area contributed by atoms with Crippen molar-refractivity contribution < 1.29 is 14.6 Å². The summed E-state index contributed by atoms with van der Waals surface area (Å²) in [6, 6.07) is 9.26. The molecular formula is C15H19NO3. The van der Waals surface area contributed by atoms with Gasteiger partial charge in [-0.3, -0.25) is 4.79 Å². The molecule has 0 spiro atoms. The van der Waals surface area contributed by atoms with Gasteiger partial charge in [0.25, 0.3) is 5.91 Å². The average molecular weight is 261 g/mol. The number of methoxy groups -OCH3 is 1. The maximum absolute atomic E-state index is 11.5. The van der Waals surface area contributed by atoms with E-state index < -0.39 is 11.5 Å². The summed E-state index contributed by atoms with van der Waals surface area (Å²) in [4.78, 5) is 11.5. The molecule has 4 heteroatoms. The molecule has 0 fully saturated rings. The third-order valence-corrected chi connectivity index (χ3v) is 2.57. The summed E-state index contributed by atoms with van der Waals surface area (Å²) in [6.45, 7) is 2.24. The first-order chi connectivity index (χ1) is 9.03. The molecule has 0 aliphatic carbocycles. The fourth-order valence-corrected chi connectivity index (χ4v) is 1.38. The number of hydrogen-bond acceptors (Lipinski definition) is 3. The first-order valence-corrected chi connectivity index (χ1v) is 6.10. The molecule has 1 rings (SSSR count). The Bertz CT molecular complexity index is 457. The smallest absolute Gasteiger partial charge is 0.296 e. The SMILES string of the molecule is COCCC(C)(O)CNC(=O)C#Cc1ccccc1. The topological polar surface area (TPSA) is 58.6 Å². The van der Waals surface area contributed by atoms with E-state index >= 15 is 0 Å². The van der Waals surface area contributed by atoms with Gasteiger partial charge in [0.15, 0.2) is 0 Å². The molecule has 0 bridgehead atoms. The zero-order valence-electron chi connectivity index (χ0n) is 11.3. The van der Waals surface area contributed by atoms with Gasteiger partial charge in [-0.1, -0.05) is 24.1 Å². The highest BCUT2D eigenvalue weighted by atomic mass is 16.5. The third-order valence-electron chi connectivity index (χ3n) is 2.57. The molecule has 1 aromatic carbocycles. The minimum absolute atomic E-state index is 0.151. The van der Waals surface area contributed by atoms with Gasteiger partial charge in [0, 0.05) is 38.2 Å². The number of carbonyl (C=O) groups excluding carboxylic acids is 1. The van der Waals surface area contributed by atoms with Crippen LogP contribution in [-0.2, 0) is 9.53 Å². The molecule has 102 valence electrons. The van der Waals surface area contributed by atoms with Crippen molar-refractivity contribution in [2.24, 2.45) is 0 Å². The second-order valence-electron chi connectivity index (χ2n) is 4.54. The Kier molecular flexibility index (Phi) is 6.07. The van der Waals surface area contributed by atoms with Crippen LogP contribution in [0.5, 0.6) is 0 Å². The van der Waals surface area contributed by atoms with Crippen molar-refractivity contribution in [3.05, 3.63) is 35.9 Å². The lowest BCUT2D eigenvalue weighted by atomic mass is 10.0. The van der Waals surface area contributed by atoms with Crippen molar-refractivity contribution in [1.82, 2.24) is 5.32 Å². The molecule has 2 N–H and O–H groups in total. The van der Waals surface area contributed by atoms with Gasteiger partial charge in [-0.25, -0.2) is 0 Å². The first-order valence-electron chi connectivity index (χ1n) is 6.10. The summed E-state index contributed by atoms with van der Waals surface area (Å²) in [7, 11) is 1.57. The van der Waals surface area contributed by atoms with Gasteiger partial charge in [-0.05, 0) is 19.1 Å². The molecule has 0 aromatic heterocycles. The zero-order chi connectivity index (χ0) is 14.1. The molecule has 0 saturated carbocycles. The monoisotopic (exact) mass is 261 g/mol. The largest absolute Gasteiger partial charge is 0.388 e. The number of carbonyl (C=O) groups is 1. The average Bonchev–Trinajstić information content (AvgIpc) is 2.42. The minimum atomic E-state index is -0.986. The normalized spacial score (nSPS) is 13.0. The van der Waals surface area contributed by atoms with Crippen molar-refractivity contribution in [2.45, 2.75) is 18.9 Å². The van der Waals surface area contributed by atoms with E-state index in [0.29, 0.717) is 13.0 Å². The summed E-state index contributed by atoms with van der Waals surface area (Å²) in [6.07, 6.45) is 0.454. The van der Waals surface area contributed by atoms with E-state index in [4.69, 9.17) is 4.74 Å². The van der Waals surface area contributed by atoms with E-state index in [1.54, 1.807) is 14.0 Å². The summed E-state index contributed by atoms with van der Waals surface area (Å²) in [5, 5.41) is 12.5. The van der Waals surface area contributed by atoms with E-state index in [-0.39, 0.29) is 6.54 Å². The number of benzene rings is 1. The number of rotatable bonds is 5. The Labute approximate surface area is 113 Å². The van der Waals surface area contributed by atoms with E-state index in [1.807, 2.05) is 30.3 Å². The van der Waals surface area contributed by atoms with Crippen LogP contribution in [0.2, 0.25) is 0 Å². The van der Waals surface area contributed by atoms with Gasteiger partial charge >= 0.3 is 0 Å². The van der Waals surface area contributed by atoms with Crippen LogP contribution in [0.15, 0.2) is 30.3 Å². The maximum atomic E-state index is 11.5. The van der Waals surface area contributed by atoms with Crippen LogP contribution in [0.25, 0.3) is 0 Å². The fraction of sp³-hybridized carbons (Fsp3) is 0.400. The van der Waals surface area contributed by atoms with E-state index in [9.17, 15) is 9.90 Å².